The van der Waals surface area contributed by atoms with E-state index in [2.05, 4.69) is 32.7 Å². The van der Waals surface area contributed by atoms with Crippen molar-refractivity contribution in [2.75, 3.05) is 10.6 Å². The van der Waals surface area contributed by atoms with Crippen molar-refractivity contribution in [3.8, 4) is 0 Å². The van der Waals surface area contributed by atoms with Gasteiger partial charge in [-0.2, -0.15) is 0 Å². The van der Waals surface area contributed by atoms with Crippen molar-refractivity contribution < 1.29 is 0 Å². The van der Waals surface area contributed by atoms with Gasteiger partial charge < -0.3 is 10.6 Å². The highest BCUT2D eigenvalue weighted by Crippen LogP contribution is 2.28. The molecule has 0 bridgehead atoms. The number of hydrogen-bond donors (Lipinski definition) is 2. The third-order valence-electron chi connectivity index (χ3n) is 3.35. The maximum atomic E-state index is 6.19. The summed E-state index contributed by atoms with van der Waals surface area (Å²) in [5.41, 5.74) is 1.93. The molecule has 0 aliphatic heterocycles. The topological polar surface area (TPSA) is 49.8 Å². The van der Waals surface area contributed by atoms with Crippen molar-refractivity contribution in [3.63, 3.8) is 0 Å². The molecule has 0 saturated heterocycles. The first-order valence-electron chi connectivity index (χ1n) is 7.46. The molecule has 122 valence electrons. The lowest BCUT2D eigenvalue weighted by atomic mass is 10.2. The molecule has 3 aromatic rings. The number of aromatic nitrogens is 2. The molecule has 0 aliphatic rings. The lowest BCUT2D eigenvalue weighted by molar-refractivity contribution is 1.03. The Morgan fingerprint density at radius 1 is 0.917 bits per heavy atom. The number of anilines is 3. The van der Waals surface area contributed by atoms with Crippen molar-refractivity contribution in [3.05, 3.63) is 76.0 Å². The number of halogens is 2. The predicted molar refractivity (Wildman–Crippen MR) is 100 cm³/mol. The molecule has 4 nitrogen and oxygen atoms in total. The smallest absolute Gasteiger partial charge is 0.136 e. The van der Waals surface area contributed by atoms with E-state index in [0.29, 0.717) is 28.2 Å². The number of aryl methyl sites for hydroxylation is 1. The summed E-state index contributed by atoms with van der Waals surface area (Å²) < 4.78 is 0. The highest BCUT2D eigenvalue weighted by molar-refractivity contribution is 6.36. The Morgan fingerprint density at radius 2 is 1.67 bits per heavy atom. The zero-order valence-electron chi connectivity index (χ0n) is 13.1. The maximum absolute atomic E-state index is 6.19. The average Bonchev–Trinajstić information content (AvgIpc) is 2.56. The van der Waals surface area contributed by atoms with Crippen molar-refractivity contribution in [1.29, 1.82) is 0 Å². The zero-order valence-corrected chi connectivity index (χ0v) is 14.6. The molecule has 0 atom stereocenters. The predicted octanol–water partition coefficient (Wildman–Crippen LogP) is 5.45. The fourth-order valence-electron chi connectivity index (χ4n) is 2.24. The van der Waals surface area contributed by atoms with Crippen LogP contribution in [0.3, 0.4) is 0 Å². The Morgan fingerprint density at radius 3 is 2.42 bits per heavy atom. The van der Waals surface area contributed by atoms with Gasteiger partial charge in [0.15, 0.2) is 0 Å². The van der Waals surface area contributed by atoms with Crippen LogP contribution in [0.1, 0.15) is 11.4 Å². The van der Waals surface area contributed by atoms with Crippen molar-refractivity contribution in [2.45, 2.75) is 13.5 Å². The van der Waals surface area contributed by atoms with Crippen LogP contribution in [0.4, 0.5) is 17.3 Å². The normalized spacial score (nSPS) is 10.5. The Kier molecular flexibility index (Phi) is 5.18. The summed E-state index contributed by atoms with van der Waals surface area (Å²) in [6, 6.07) is 17.3. The number of rotatable bonds is 5. The van der Waals surface area contributed by atoms with Crippen LogP contribution in [0.15, 0.2) is 54.6 Å². The fourth-order valence-corrected chi connectivity index (χ4v) is 2.70. The minimum absolute atomic E-state index is 0.539. The molecule has 3 rings (SSSR count). The van der Waals surface area contributed by atoms with E-state index in [4.69, 9.17) is 23.2 Å². The standard InChI is InChI=1S/C18H16Cl2N4/c1-12-22-17(21-11-13-5-3-2-4-6-13)10-18(23-12)24-16-8-7-14(19)9-15(16)20/h2-10H,11H2,1H3,(H2,21,22,23,24). The quantitative estimate of drug-likeness (QED) is 0.636. The molecular weight excluding hydrogens is 343 g/mol. The van der Waals surface area contributed by atoms with Gasteiger partial charge >= 0.3 is 0 Å². The molecule has 24 heavy (non-hydrogen) atoms. The monoisotopic (exact) mass is 358 g/mol. The Balaban J connectivity index is 1.76. The molecule has 1 heterocycles. The molecule has 2 aromatic carbocycles. The summed E-state index contributed by atoms with van der Waals surface area (Å²) in [6.45, 7) is 2.54. The molecular formula is C18H16Cl2N4. The first-order valence-corrected chi connectivity index (χ1v) is 8.21. The van der Waals surface area contributed by atoms with Gasteiger partial charge in [-0.15, -0.1) is 0 Å². The van der Waals surface area contributed by atoms with Crippen molar-refractivity contribution in [1.82, 2.24) is 9.97 Å². The van der Waals surface area contributed by atoms with Crippen LogP contribution in [0.5, 0.6) is 0 Å². The van der Waals surface area contributed by atoms with Crippen LogP contribution < -0.4 is 10.6 Å². The van der Waals surface area contributed by atoms with E-state index in [1.54, 1.807) is 12.1 Å². The first-order chi connectivity index (χ1) is 11.6. The average molecular weight is 359 g/mol. The van der Waals surface area contributed by atoms with Crippen LogP contribution in [-0.2, 0) is 6.54 Å². The van der Waals surface area contributed by atoms with Crippen LogP contribution in [0.25, 0.3) is 0 Å². The summed E-state index contributed by atoms with van der Waals surface area (Å²) in [7, 11) is 0. The Hall–Kier alpha value is -2.30. The van der Waals surface area contributed by atoms with Gasteiger partial charge in [0.2, 0.25) is 0 Å². The number of hydrogen-bond acceptors (Lipinski definition) is 4. The van der Waals surface area contributed by atoms with Crippen LogP contribution in [-0.4, -0.2) is 9.97 Å². The van der Waals surface area contributed by atoms with Gasteiger partial charge in [0.25, 0.3) is 0 Å². The minimum atomic E-state index is 0.539. The molecule has 0 spiro atoms. The SMILES string of the molecule is Cc1nc(NCc2ccccc2)cc(Nc2ccc(Cl)cc2Cl)n1. The lowest BCUT2D eigenvalue weighted by Crippen LogP contribution is -2.05. The molecule has 0 saturated carbocycles. The van der Waals surface area contributed by atoms with Crippen LogP contribution >= 0.6 is 23.2 Å². The summed E-state index contributed by atoms with van der Waals surface area (Å²) >= 11 is 12.1. The summed E-state index contributed by atoms with van der Waals surface area (Å²) in [5.74, 6) is 2.09. The molecule has 0 radical (unpaired) electrons. The molecule has 0 amide bonds. The first kappa shape index (κ1) is 16.6. The summed E-state index contributed by atoms with van der Waals surface area (Å²) in [4.78, 5) is 8.80. The van der Waals surface area contributed by atoms with E-state index in [-0.39, 0.29) is 0 Å². The summed E-state index contributed by atoms with van der Waals surface area (Å²) in [6.07, 6.45) is 0. The third-order valence-corrected chi connectivity index (χ3v) is 3.90. The second-order valence-corrected chi connectivity index (χ2v) is 6.12. The van der Waals surface area contributed by atoms with Gasteiger partial charge in [-0.05, 0) is 30.7 Å². The lowest BCUT2D eigenvalue weighted by Gasteiger charge is -2.11. The van der Waals surface area contributed by atoms with E-state index in [1.807, 2.05) is 37.3 Å². The van der Waals surface area contributed by atoms with Gasteiger partial charge in [-0.3, -0.25) is 0 Å². The molecule has 6 heteroatoms. The van der Waals surface area contributed by atoms with Crippen LogP contribution in [0.2, 0.25) is 10.0 Å². The largest absolute Gasteiger partial charge is 0.366 e. The molecule has 2 N–H and O–H groups in total. The number of nitrogens with zero attached hydrogens (tertiary/aromatic N) is 2. The Bertz CT molecular complexity index is 838. The zero-order chi connectivity index (χ0) is 16.9. The highest BCUT2D eigenvalue weighted by atomic mass is 35.5. The highest BCUT2D eigenvalue weighted by Gasteiger charge is 2.06. The molecule has 0 aliphatic carbocycles. The fraction of sp³-hybridized carbons (Fsp3) is 0.111. The molecule has 0 fully saturated rings. The number of benzene rings is 2. The van der Waals surface area contributed by atoms with Gasteiger partial charge in [0.1, 0.15) is 17.5 Å². The van der Waals surface area contributed by atoms with Crippen molar-refractivity contribution in [2.24, 2.45) is 0 Å². The van der Waals surface area contributed by atoms with Gasteiger partial charge in [-0.1, -0.05) is 53.5 Å². The second-order valence-electron chi connectivity index (χ2n) is 5.27. The van der Waals surface area contributed by atoms with Gasteiger partial charge in [-0.25, -0.2) is 9.97 Å². The van der Waals surface area contributed by atoms with Gasteiger partial charge in [0.05, 0.1) is 10.7 Å². The van der Waals surface area contributed by atoms with Crippen LogP contribution in [0, 0.1) is 6.92 Å². The Labute approximate surface area is 150 Å². The molecule has 0 unspecified atom stereocenters. The van der Waals surface area contributed by atoms with E-state index in [9.17, 15) is 0 Å². The number of nitrogens with one attached hydrogen (secondary N) is 2. The van der Waals surface area contributed by atoms with Gasteiger partial charge in [0, 0.05) is 17.6 Å². The van der Waals surface area contributed by atoms with E-state index < -0.39 is 0 Å². The molecule has 1 aromatic heterocycles. The van der Waals surface area contributed by atoms with E-state index in [1.165, 1.54) is 5.56 Å². The summed E-state index contributed by atoms with van der Waals surface area (Å²) in [5, 5.41) is 7.64. The maximum Gasteiger partial charge on any atom is 0.136 e. The minimum Gasteiger partial charge on any atom is -0.366 e. The second kappa shape index (κ2) is 7.51. The van der Waals surface area contributed by atoms with E-state index in [0.717, 1.165) is 11.5 Å². The van der Waals surface area contributed by atoms with E-state index >= 15 is 0 Å². The van der Waals surface area contributed by atoms with Crippen molar-refractivity contribution >= 4 is 40.5 Å². The third kappa shape index (κ3) is 4.37.